The highest BCUT2D eigenvalue weighted by molar-refractivity contribution is 5.81. The van der Waals surface area contributed by atoms with Crippen molar-refractivity contribution in [3.63, 3.8) is 0 Å². The molecule has 1 aromatic carbocycles. The summed E-state index contributed by atoms with van der Waals surface area (Å²) in [4.78, 5) is 26.0. The quantitative estimate of drug-likeness (QED) is 0.479. The van der Waals surface area contributed by atoms with Crippen LogP contribution in [0.2, 0.25) is 0 Å². The molecule has 1 aliphatic heterocycles. The summed E-state index contributed by atoms with van der Waals surface area (Å²) < 4.78 is 7.89. The fraction of sp³-hybridized carbons (Fsp3) is 0.536. The summed E-state index contributed by atoms with van der Waals surface area (Å²) in [5.74, 6) is 0.626. The van der Waals surface area contributed by atoms with E-state index in [0.29, 0.717) is 25.1 Å². The van der Waals surface area contributed by atoms with Gasteiger partial charge in [-0.05, 0) is 69.9 Å². The predicted molar refractivity (Wildman–Crippen MR) is 144 cm³/mol. The van der Waals surface area contributed by atoms with Crippen LogP contribution in [0.25, 0.3) is 11.0 Å². The average Bonchev–Trinajstić information content (AvgIpc) is 3.51. The van der Waals surface area contributed by atoms with E-state index in [1.165, 1.54) is 31.2 Å². The Morgan fingerprint density at radius 2 is 1.78 bits per heavy atom. The van der Waals surface area contributed by atoms with E-state index in [4.69, 9.17) is 9.72 Å². The molecule has 0 atom stereocenters. The van der Waals surface area contributed by atoms with Gasteiger partial charge in [0.15, 0.2) is 0 Å². The monoisotopic (exact) mass is 490 g/mol. The molecule has 5 rings (SSSR count). The SMILES string of the molecule is CCc1cn(C2CCCC2)c2nc(Nc3ccc(N4CCN(C(=O)OC(C)(C)C)CC4)cc3)ncc12. The maximum atomic E-state index is 12.3. The fourth-order valence-electron chi connectivity index (χ4n) is 5.26. The molecular formula is C28H38N6O2. The van der Waals surface area contributed by atoms with Crippen molar-refractivity contribution in [2.75, 3.05) is 36.4 Å². The summed E-state index contributed by atoms with van der Waals surface area (Å²) in [5.41, 5.74) is 3.99. The standard InChI is InChI=1S/C28H38N6O2/c1-5-20-19-34(23-8-6-7-9-23)25-24(20)18-29-26(31-25)30-21-10-12-22(13-11-21)32-14-16-33(17-15-32)27(35)36-28(2,3)4/h10-13,18-19,23H,5-9,14-17H2,1-4H3,(H,29,30,31). The van der Waals surface area contributed by atoms with Gasteiger partial charge in [0, 0.05) is 61.4 Å². The first-order valence-electron chi connectivity index (χ1n) is 13.3. The smallest absolute Gasteiger partial charge is 0.410 e. The molecule has 36 heavy (non-hydrogen) atoms. The summed E-state index contributed by atoms with van der Waals surface area (Å²) in [6, 6.07) is 8.90. The Labute approximate surface area is 213 Å². The normalized spacial score (nSPS) is 17.1. The van der Waals surface area contributed by atoms with Crippen LogP contribution in [0.1, 0.15) is 65.0 Å². The first-order valence-corrected chi connectivity index (χ1v) is 13.3. The first-order chi connectivity index (χ1) is 17.3. The lowest BCUT2D eigenvalue weighted by Gasteiger charge is -2.36. The molecule has 2 fully saturated rings. The maximum Gasteiger partial charge on any atom is 0.410 e. The Kier molecular flexibility index (Phi) is 6.77. The van der Waals surface area contributed by atoms with E-state index >= 15 is 0 Å². The number of carbonyl (C=O) groups excluding carboxylic acids is 1. The van der Waals surface area contributed by atoms with E-state index in [1.54, 1.807) is 4.90 Å². The first kappa shape index (κ1) is 24.4. The number of aryl methyl sites for hydroxylation is 1. The molecule has 1 amide bonds. The number of aromatic nitrogens is 3. The number of hydrogen-bond acceptors (Lipinski definition) is 6. The van der Waals surface area contributed by atoms with E-state index < -0.39 is 5.60 Å². The van der Waals surface area contributed by atoms with Crippen LogP contribution in [0.5, 0.6) is 0 Å². The Hall–Kier alpha value is -3.29. The molecule has 8 heteroatoms. The Bertz CT molecular complexity index is 1200. The molecule has 0 spiro atoms. The van der Waals surface area contributed by atoms with Crippen molar-refractivity contribution >= 4 is 34.4 Å². The lowest BCUT2D eigenvalue weighted by molar-refractivity contribution is 0.0240. The molecular weight excluding hydrogens is 452 g/mol. The minimum atomic E-state index is -0.469. The molecule has 0 unspecified atom stereocenters. The van der Waals surface area contributed by atoms with Crippen molar-refractivity contribution in [2.24, 2.45) is 0 Å². The number of piperazine rings is 1. The van der Waals surface area contributed by atoms with Gasteiger partial charge in [0.25, 0.3) is 0 Å². The van der Waals surface area contributed by atoms with E-state index in [-0.39, 0.29) is 6.09 Å². The number of amides is 1. The summed E-state index contributed by atoms with van der Waals surface area (Å²) in [6.07, 6.45) is 10.1. The topological polar surface area (TPSA) is 75.5 Å². The van der Waals surface area contributed by atoms with Gasteiger partial charge in [-0.25, -0.2) is 9.78 Å². The number of ether oxygens (including phenoxy) is 1. The van der Waals surface area contributed by atoms with E-state index in [2.05, 4.69) is 57.2 Å². The highest BCUT2D eigenvalue weighted by Gasteiger charge is 2.26. The second-order valence-corrected chi connectivity index (χ2v) is 10.9. The molecule has 8 nitrogen and oxygen atoms in total. The number of hydrogen-bond donors (Lipinski definition) is 1. The molecule has 192 valence electrons. The van der Waals surface area contributed by atoms with Gasteiger partial charge in [-0.1, -0.05) is 19.8 Å². The number of nitrogens with one attached hydrogen (secondary N) is 1. The second-order valence-electron chi connectivity index (χ2n) is 10.9. The number of anilines is 3. The van der Waals surface area contributed by atoms with Crippen molar-refractivity contribution in [1.29, 1.82) is 0 Å². The molecule has 2 aromatic heterocycles. The van der Waals surface area contributed by atoms with E-state index in [9.17, 15) is 4.79 Å². The Balaban J connectivity index is 1.24. The fourth-order valence-corrected chi connectivity index (χ4v) is 5.26. The van der Waals surface area contributed by atoms with Gasteiger partial charge in [0.05, 0.1) is 0 Å². The zero-order chi connectivity index (χ0) is 25.3. The van der Waals surface area contributed by atoms with Crippen molar-refractivity contribution in [3.05, 3.63) is 42.2 Å². The van der Waals surface area contributed by atoms with Crippen molar-refractivity contribution in [3.8, 4) is 0 Å². The maximum absolute atomic E-state index is 12.3. The van der Waals surface area contributed by atoms with Crippen molar-refractivity contribution in [2.45, 2.75) is 71.4 Å². The molecule has 3 aromatic rings. The Morgan fingerprint density at radius 3 is 2.42 bits per heavy atom. The molecule has 3 heterocycles. The zero-order valence-electron chi connectivity index (χ0n) is 22.0. The summed E-state index contributed by atoms with van der Waals surface area (Å²) >= 11 is 0. The molecule has 2 aliphatic rings. The van der Waals surface area contributed by atoms with Gasteiger partial charge in [0.1, 0.15) is 11.2 Å². The third kappa shape index (κ3) is 5.27. The van der Waals surface area contributed by atoms with Crippen LogP contribution in [0, 0.1) is 0 Å². The van der Waals surface area contributed by atoms with Crippen LogP contribution in [0.15, 0.2) is 36.7 Å². The van der Waals surface area contributed by atoms with E-state index in [0.717, 1.165) is 41.9 Å². The van der Waals surface area contributed by atoms with Gasteiger partial charge in [-0.2, -0.15) is 4.98 Å². The van der Waals surface area contributed by atoms with Crippen LogP contribution >= 0.6 is 0 Å². The Morgan fingerprint density at radius 1 is 1.08 bits per heavy atom. The highest BCUT2D eigenvalue weighted by Crippen LogP contribution is 2.34. The number of fused-ring (bicyclic) bond motifs is 1. The van der Waals surface area contributed by atoms with E-state index in [1.807, 2.05) is 27.0 Å². The van der Waals surface area contributed by atoms with Crippen molar-refractivity contribution in [1.82, 2.24) is 19.4 Å². The zero-order valence-corrected chi connectivity index (χ0v) is 22.0. The lowest BCUT2D eigenvalue weighted by Crippen LogP contribution is -2.50. The van der Waals surface area contributed by atoms with Crippen LogP contribution in [-0.2, 0) is 11.2 Å². The van der Waals surface area contributed by atoms with Gasteiger partial charge < -0.3 is 24.4 Å². The summed E-state index contributed by atoms with van der Waals surface area (Å²) in [7, 11) is 0. The van der Waals surface area contributed by atoms with Gasteiger partial charge in [0.2, 0.25) is 5.95 Å². The van der Waals surface area contributed by atoms with Gasteiger partial charge >= 0.3 is 6.09 Å². The van der Waals surface area contributed by atoms with Crippen LogP contribution in [0.4, 0.5) is 22.1 Å². The second kappa shape index (κ2) is 9.99. The predicted octanol–water partition coefficient (Wildman–Crippen LogP) is 5.91. The number of nitrogens with zero attached hydrogens (tertiary/aromatic N) is 5. The molecule has 1 saturated carbocycles. The lowest BCUT2D eigenvalue weighted by atomic mass is 10.2. The van der Waals surface area contributed by atoms with Crippen molar-refractivity contribution < 1.29 is 9.53 Å². The van der Waals surface area contributed by atoms with Crippen LogP contribution in [0.3, 0.4) is 0 Å². The minimum absolute atomic E-state index is 0.233. The third-order valence-electron chi connectivity index (χ3n) is 7.17. The van der Waals surface area contributed by atoms with Crippen LogP contribution in [-0.4, -0.2) is 57.3 Å². The largest absolute Gasteiger partial charge is 0.444 e. The molecule has 1 N–H and O–H groups in total. The highest BCUT2D eigenvalue weighted by atomic mass is 16.6. The summed E-state index contributed by atoms with van der Waals surface area (Å²) in [6.45, 7) is 10.8. The average molecular weight is 491 g/mol. The van der Waals surface area contributed by atoms with Crippen LogP contribution < -0.4 is 10.2 Å². The van der Waals surface area contributed by atoms with Gasteiger partial charge in [-0.15, -0.1) is 0 Å². The number of carbonyl (C=O) groups is 1. The molecule has 0 bridgehead atoms. The number of rotatable bonds is 5. The minimum Gasteiger partial charge on any atom is -0.444 e. The molecule has 1 saturated heterocycles. The molecule has 0 radical (unpaired) electrons. The third-order valence-corrected chi connectivity index (χ3v) is 7.17. The van der Waals surface area contributed by atoms with Gasteiger partial charge in [-0.3, -0.25) is 0 Å². The number of benzene rings is 1. The molecule has 1 aliphatic carbocycles. The summed E-state index contributed by atoms with van der Waals surface area (Å²) in [5, 5.41) is 4.55.